The maximum atomic E-state index is 14.0. The monoisotopic (exact) mass is 684 g/mol. The number of hydrogen-bond donors (Lipinski definition) is 2. The van der Waals surface area contributed by atoms with Crippen LogP contribution in [0.1, 0.15) is 16.4 Å². The minimum absolute atomic E-state index is 0.188. The minimum Gasteiger partial charge on any atom is -0.483 e. The molecule has 0 bridgehead atoms. The summed E-state index contributed by atoms with van der Waals surface area (Å²) in [4.78, 5) is 67.3. The average molecular weight is 686 g/mol. The van der Waals surface area contributed by atoms with E-state index in [1.54, 1.807) is 18.2 Å². The van der Waals surface area contributed by atoms with E-state index in [1.807, 2.05) is 0 Å². The van der Waals surface area contributed by atoms with Crippen molar-refractivity contribution in [2.24, 2.45) is 5.92 Å². The number of carbonyl (C=O) groups is 3. The van der Waals surface area contributed by atoms with Crippen molar-refractivity contribution in [3.05, 3.63) is 107 Å². The second-order valence-electron chi connectivity index (χ2n) is 9.56. The number of aromatic nitrogens is 1. The summed E-state index contributed by atoms with van der Waals surface area (Å²) in [7, 11) is 0. The number of thiazole rings is 1. The van der Waals surface area contributed by atoms with Crippen LogP contribution < -0.4 is 19.8 Å². The van der Waals surface area contributed by atoms with Crippen molar-refractivity contribution in [1.29, 1.82) is 0 Å². The van der Waals surface area contributed by atoms with Crippen molar-refractivity contribution in [2.75, 3.05) is 16.8 Å². The highest BCUT2D eigenvalue weighted by Gasteiger charge is 2.57. The lowest BCUT2D eigenvalue weighted by Crippen LogP contribution is -2.32. The summed E-state index contributed by atoms with van der Waals surface area (Å²) in [5.74, 6) is -3.50. The Hall–Kier alpha value is -4.34. The molecule has 1 fully saturated rings. The number of halogens is 2. The number of rotatable bonds is 7. The van der Waals surface area contributed by atoms with E-state index >= 15 is 0 Å². The molecule has 2 N–H and O–H groups in total. The summed E-state index contributed by atoms with van der Waals surface area (Å²) in [6.07, 6.45) is 0. The molecule has 1 saturated heterocycles. The predicted octanol–water partition coefficient (Wildman–Crippen LogP) is 5.06. The van der Waals surface area contributed by atoms with E-state index in [0.29, 0.717) is 25.6 Å². The molecule has 218 valence electrons. The fourth-order valence-electron chi connectivity index (χ4n) is 5.10. The van der Waals surface area contributed by atoms with Crippen LogP contribution in [-0.2, 0) is 14.4 Å². The van der Waals surface area contributed by atoms with E-state index < -0.39 is 52.2 Å². The van der Waals surface area contributed by atoms with Crippen molar-refractivity contribution < 1.29 is 28.4 Å². The van der Waals surface area contributed by atoms with E-state index in [1.165, 1.54) is 48.5 Å². The number of nitro benzene ring substituents is 1. The van der Waals surface area contributed by atoms with Gasteiger partial charge in [0.1, 0.15) is 16.8 Å². The normalized spacial score (nSPS) is 19.1. The lowest BCUT2D eigenvalue weighted by atomic mass is 9.82. The molecule has 3 heterocycles. The van der Waals surface area contributed by atoms with Gasteiger partial charge < -0.3 is 15.0 Å². The molecule has 0 saturated carbocycles. The molecule has 15 heteroatoms. The van der Waals surface area contributed by atoms with Crippen LogP contribution in [0.25, 0.3) is 0 Å². The van der Waals surface area contributed by atoms with Gasteiger partial charge in [-0.15, -0.1) is 0 Å². The summed E-state index contributed by atoms with van der Waals surface area (Å²) < 4.78 is 19.8. The van der Waals surface area contributed by atoms with Gasteiger partial charge >= 0.3 is 4.87 Å². The van der Waals surface area contributed by atoms with Gasteiger partial charge in [-0.1, -0.05) is 39.0 Å². The Morgan fingerprint density at radius 1 is 1.07 bits per heavy atom. The number of fused-ring (bicyclic) bond motifs is 2. The SMILES string of the molecule is O=C(COc1ccc(Br)cc1[C@H]1c2sc(=O)[nH]c2SC2C(=O)N(c3ccc([N+](=O)[O-])cc3)C(=O)C21)Nc1ccc(F)cc1. The maximum absolute atomic E-state index is 14.0. The first-order chi connectivity index (χ1) is 20.6. The Balaban J connectivity index is 1.35. The topological polar surface area (TPSA) is 152 Å². The van der Waals surface area contributed by atoms with Gasteiger partial charge in [0.2, 0.25) is 11.8 Å². The second kappa shape index (κ2) is 11.4. The van der Waals surface area contributed by atoms with Gasteiger partial charge in [-0.05, 0) is 54.6 Å². The van der Waals surface area contributed by atoms with Gasteiger partial charge in [0.25, 0.3) is 11.6 Å². The van der Waals surface area contributed by atoms with Crippen molar-refractivity contribution in [1.82, 2.24) is 4.98 Å². The number of nitrogens with zero attached hydrogens (tertiary/aromatic N) is 2. The fraction of sp³-hybridized carbons (Fsp3) is 0.143. The molecule has 2 aliphatic heterocycles. The molecular weight excluding hydrogens is 667 g/mol. The number of aromatic amines is 1. The number of thioether (sulfide) groups is 1. The van der Waals surface area contributed by atoms with E-state index in [0.717, 1.165) is 28.0 Å². The van der Waals surface area contributed by atoms with E-state index in [2.05, 4.69) is 26.2 Å². The van der Waals surface area contributed by atoms with Crippen LogP contribution in [0.3, 0.4) is 0 Å². The van der Waals surface area contributed by atoms with Crippen molar-refractivity contribution in [3.8, 4) is 5.75 Å². The zero-order valence-corrected chi connectivity index (χ0v) is 24.8. The smallest absolute Gasteiger partial charge is 0.305 e. The Morgan fingerprint density at radius 3 is 2.49 bits per heavy atom. The summed E-state index contributed by atoms with van der Waals surface area (Å²) in [5.41, 5.74) is 0.852. The number of non-ortho nitro benzene ring substituents is 1. The molecule has 1 aromatic heterocycles. The highest BCUT2D eigenvalue weighted by molar-refractivity contribution is 9.10. The summed E-state index contributed by atoms with van der Waals surface area (Å²) in [6.45, 7) is -0.417. The van der Waals surface area contributed by atoms with E-state index in [4.69, 9.17) is 4.74 Å². The highest BCUT2D eigenvalue weighted by atomic mass is 79.9. The Labute approximate surface area is 258 Å². The zero-order valence-electron chi connectivity index (χ0n) is 21.6. The van der Waals surface area contributed by atoms with Crippen LogP contribution in [0.4, 0.5) is 21.5 Å². The Morgan fingerprint density at radius 2 is 1.79 bits per heavy atom. The number of carbonyl (C=O) groups excluding carboxylic acids is 3. The molecule has 2 unspecified atom stereocenters. The van der Waals surface area contributed by atoms with Crippen LogP contribution in [0.5, 0.6) is 5.75 Å². The lowest BCUT2D eigenvalue weighted by molar-refractivity contribution is -0.384. The average Bonchev–Trinajstić information content (AvgIpc) is 3.47. The van der Waals surface area contributed by atoms with Gasteiger partial charge in [-0.25, -0.2) is 9.29 Å². The number of H-pyrrole nitrogens is 1. The van der Waals surface area contributed by atoms with Gasteiger partial charge in [-0.2, -0.15) is 0 Å². The lowest BCUT2D eigenvalue weighted by Gasteiger charge is -2.31. The summed E-state index contributed by atoms with van der Waals surface area (Å²) in [5, 5.41) is 13.3. The molecule has 3 amide bonds. The highest BCUT2D eigenvalue weighted by Crippen LogP contribution is 2.54. The molecule has 11 nitrogen and oxygen atoms in total. The molecule has 0 radical (unpaired) electrons. The minimum atomic E-state index is -0.948. The quantitative estimate of drug-likeness (QED) is 0.156. The standard InChI is InChI=1S/C28H18BrFN4O7S2/c29-13-1-10-19(41-12-20(35)31-15-4-2-14(30)3-5-15)18(11-13)21-22-24(42-25-23(21)43-28(38)32-25)27(37)33(26(22)36)16-6-8-17(9-7-16)34(39)40/h1-11,21-22,24H,12H2,(H,31,35)(H,32,38)/t21-,22?,24?/m1/s1. The van der Waals surface area contributed by atoms with Crippen LogP contribution in [0.15, 0.2) is 81.0 Å². The van der Waals surface area contributed by atoms with Crippen LogP contribution >= 0.6 is 39.0 Å². The number of hydrogen-bond acceptors (Lipinski definition) is 9. The third kappa shape index (κ3) is 5.46. The number of nitrogens with one attached hydrogen (secondary N) is 2. The number of imide groups is 1. The predicted molar refractivity (Wildman–Crippen MR) is 160 cm³/mol. The first-order valence-electron chi connectivity index (χ1n) is 12.6. The first kappa shape index (κ1) is 28.8. The van der Waals surface area contributed by atoms with E-state index in [-0.39, 0.29) is 22.0 Å². The number of amides is 3. The third-order valence-corrected chi connectivity index (χ3v) is 9.83. The molecule has 0 spiro atoms. The van der Waals surface area contributed by atoms with Gasteiger partial charge in [0.15, 0.2) is 6.61 Å². The molecule has 0 aliphatic carbocycles. The molecular formula is C28H18BrFN4O7S2. The molecule has 2 aliphatic rings. The fourth-order valence-corrected chi connectivity index (χ4v) is 7.98. The Kier molecular flexibility index (Phi) is 7.62. The summed E-state index contributed by atoms with van der Waals surface area (Å²) in [6, 6.07) is 15.4. The number of benzene rings is 3. The first-order valence-corrected chi connectivity index (χ1v) is 15.1. The maximum Gasteiger partial charge on any atom is 0.305 e. The second-order valence-corrected chi connectivity index (χ2v) is 12.6. The molecule has 3 aromatic carbocycles. The van der Waals surface area contributed by atoms with Crippen molar-refractivity contribution in [3.63, 3.8) is 0 Å². The number of ether oxygens (including phenoxy) is 1. The van der Waals surface area contributed by atoms with Gasteiger partial charge in [0, 0.05) is 38.7 Å². The number of nitro groups is 1. The van der Waals surface area contributed by atoms with Crippen molar-refractivity contribution >= 4 is 73.8 Å². The van der Waals surface area contributed by atoms with E-state index in [9.17, 15) is 33.7 Å². The largest absolute Gasteiger partial charge is 0.483 e. The van der Waals surface area contributed by atoms with Crippen LogP contribution in [-0.4, -0.2) is 39.5 Å². The zero-order chi connectivity index (χ0) is 30.4. The van der Waals surface area contributed by atoms with Crippen LogP contribution in [0.2, 0.25) is 0 Å². The van der Waals surface area contributed by atoms with Gasteiger partial charge in [0.05, 0.1) is 21.6 Å². The van der Waals surface area contributed by atoms with Gasteiger partial charge in [-0.3, -0.25) is 29.3 Å². The number of anilines is 2. The van der Waals surface area contributed by atoms with Crippen LogP contribution in [0, 0.1) is 21.8 Å². The van der Waals surface area contributed by atoms with Crippen molar-refractivity contribution in [2.45, 2.75) is 16.2 Å². The summed E-state index contributed by atoms with van der Waals surface area (Å²) >= 11 is 5.46. The molecule has 4 aromatic rings. The molecule has 43 heavy (non-hydrogen) atoms. The Bertz CT molecular complexity index is 1850. The molecule has 3 atom stereocenters. The third-order valence-electron chi connectivity index (χ3n) is 6.94. The molecule has 6 rings (SSSR count).